The lowest BCUT2D eigenvalue weighted by molar-refractivity contribution is -0.120. The van der Waals surface area contributed by atoms with E-state index in [9.17, 15) is 9.59 Å². The van der Waals surface area contributed by atoms with E-state index in [0.29, 0.717) is 17.0 Å². The van der Waals surface area contributed by atoms with Crippen LogP contribution in [-0.2, 0) is 4.79 Å². The van der Waals surface area contributed by atoms with Crippen LogP contribution in [0.25, 0.3) is 0 Å². The van der Waals surface area contributed by atoms with Crippen molar-refractivity contribution in [3.63, 3.8) is 0 Å². The lowest BCUT2D eigenvalue weighted by Gasteiger charge is -2.16. The van der Waals surface area contributed by atoms with E-state index in [4.69, 9.17) is 11.6 Å². The summed E-state index contributed by atoms with van der Waals surface area (Å²) in [5.74, 6) is -0.234. The molecule has 29 heavy (non-hydrogen) atoms. The predicted octanol–water partition coefficient (Wildman–Crippen LogP) is 7.80. The molecule has 3 heteroatoms. The molecule has 1 unspecified atom stereocenters. The molecule has 0 saturated heterocycles. The fraction of sp³-hybridized carbons (Fsp3) is 0.462. The zero-order chi connectivity index (χ0) is 20.9. The molecule has 0 bridgehead atoms. The van der Waals surface area contributed by atoms with Crippen LogP contribution in [0.1, 0.15) is 93.0 Å². The molecule has 0 saturated carbocycles. The largest absolute Gasteiger partial charge is 0.299 e. The van der Waals surface area contributed by atoms with Crippen LogP contribution >= 0.6 is 11.6 Å². The number of rotatable bonds is 14. The van der Waals surface area contributed by atoms with Crippen molar-refractivity contribution in [2.75, 3.05) is 0 Å². The Labute approximate surface area is 180 Å². The van der Waals surface area contributed by atoms with Gasteiger partial charge in [0.05, 0.1) is 0 Å². The lowest BCUT2D eigenvalue weighted by atomic mass is 9.86. The third-order valence-corrected chi connectivity index (χ3v) is 5.68. The summed E-state index contributed by atoms with van der Waals surface area (Å²) >= 11 is 6.01. The van der Waals surface area contributed by atoms with E-state index in [2.05, 4.69) is 6.92 Å². The first kappa shape index (κ1) is 23.3. The highest BCUT2D eigenvalue weighted by atomic mass is 35.5. The molecule has 2 aromatic carbocycles. The summed E-state index contributed by atoms with van der Waals surface area (Å²) in [6.45, 7) is 2.23. The highest BCUT2D eigenvalue weighted by molar-refractivity contribution is 6.30. The Morgan fingerprint density at radius 3 is 2.00 bits per heavy atom. The SMILES string of the molecule is CCCCCCCCCCC(=O)C(CC(=O)c1ccccc1)c1ccc(Cl)cc1. The van der Waals surface area contributed by atoms with Gasteiger partial charge < -0.3 is 0 Å². The molecule has 0 N–H and O–H groups in total. The van der Waals surface area contributed by atoms with Gasteiger partial charge in [-0.15, -0.1) is 0 Å². The van der Waals surface area contributed by atoms with Crippen LogP contribution in [-0.4, -0.2) is 11.6 Å². The van der Waals surface area contributed by atoms with E-state index >= 15 is 0 Å². The number of hydrogen-bond acceptors (Lipinski definition) is 2. The summed E-state index contributed by atoms with van der Waals surface area (Å²) in [6.07, 6.45) is 10.3. The maximum atomic E-state index is 13.0. The molecule has 0 heterocycles. The van der Waals surface area contributed by atoms with Crippen LogP contribution in [0.3, 0.4) is 0 Å². The summed E-state index contributed by atoms with van der Waals surface area (Å²) in [6, 6.07) is 16.5. The Balaban J connectivity index is 1.91. The van der Waals surface area contributed by atoms with E-state index in [1.165, 1.54) is 38.5 Å². The molecular weight excluding hydrogens is 380 g/mol. The molecule has 2 rings (SSSR count). The van der Waals surface area contributed by atoms with Gasteiger partial charge in [-0.05, 0) is 24.1 Å². The molecule has 0 aliphatic rings. The number of carbonyl (C=O) groups is 2. The molecule has 0 aliphatic carbocycles. The quantitative estimate of drug-likeness (QED) is 0.234. The number of benzene rings is 2. The average molecular weight is 413 g/mol. The third-order valence-electron chi connectivity index (χ3n) is 5.42. The van der Waals surface area contributed by atoms with Crippen LogP contribution < -0.4 is 0 Å². The molecule has 0 aromatic heterocycles. The number of hydrogen-bond donors (Lipinski definition) is 0. The Morgan fingerprint density at radius 1 is 0.793 bits per heavy atom. The first-order valence-corrected chi connectivity index (χ1v) is 11.4. The molecule has 0 spiro atoms. The highest BCUT2D eigenvalue weighted by Crippen LogP contribution is 2.27. The van der Waals surface area contributed by atoms with Crippen molar-refractivity contribution in [1.29, 1.82) is 0 Å². The van der Waals surface area contributed by atoms with Crippen molar-refractivity contribution >= 4 is 23.2 Å². The number of halogens is 1. The van der Waals surface area contributed by atoms with Crippen molar-refractivity contribution in [2.24, 2.45) is 0 Å². The van der Waals surface area contributed by atoms with Gasteiger partial charge in [0, 0.05) is 29.3 Å². The summed E-state index contributed by atoms with van der Waals surface area (Å²) in [5.41, 5.74) is 1.54. The Bertz CT molecular complexity index is 737. The zero-order valence-electron chi connectivity index (χ0n) is 17.5. The molecule has 1 atom stereocenters. The normalized spacial score (nSPS) is 11.9. The maximum absolute atomic E-state index is 13.0. The van der Waals surface area contributed by atoms with Crippen LogP contribution in [0.4, 0.5) is 0 Å². The van der Waals surface area contributed by atoms with Crippen molar-refractivity contribution in [3.05, 3.63) is 70.7 Å². The van der Waals surface area contributed by atoms with Crippen LogP contribution in [0.15, 0.2) is 54.6 Å². The van der Waals surface area contributed by atoms with Crippen molar-refractivity contribution < 1.29 is 9.59 Å². The number of Topliss-reactive ketones (excluding diaryl/α,β-unsaturated/α-hetero) is 2. The van der Waals surface area contributed by atoms with E-state index in [-0.39, 0.29) is 18.0 Å². The van der Waals surface area contributed by atoms with Crippen molar-refractivity contribution in [1.82, 2.24) is 0 Å². The number of carbonyl (C=O) groups excluding carboxylic acids is 2. The molecule has 0 radical (unpaired) electrons. The van der Waals surface area contributed by atoms with Crippen molar-refractivity contribution in [2.45, 2.75) is 77.0 Å². The van der Waals surface area contributed by atoms with E-state index in [0.717, 1.165) is 18.4 Å². The van der Waals surface area contributed by atoms with E-state index in [1.54, 1.807) is 12.1 Å². The Kier molecular flexibility index (Phi) is 10.7. The number of unbranched alkanes of at least 4 members (excludes halogenated alkanes) is 7. The minimum Gasteiger partial charge on any atom is -0.299 e. The summed E-state index contributed by atoms with van der Waals surface area (Å²) in [7, 11) is 0. The first-order chi connectivity index (χ1) is 14.1. The van der Waals surface area contributed by atoms with Gasteiger partial charge in [0.2, 0.25) is 0 Å². The van der Waals surface area contributed by atoms with Crippen molar-refractivity contribution in [3.8, 4) is 0 Å². The van der Waals surface area contributed by atoms with Gasteiger partial charge in [0.1, 0.15) is 5.78 Å². The second-order valence-electron chi connectivity index (χ2n) is 7.79. The average Bonchev–Trinajstić information content (AvgIpc) is 2.75. The summed E-state index contributed by atoms with van der Waals surface area (Å²) in [4.78, 5) is 25.7. The van der Waals surface area contributed by atoms with E-state index in [1.807, 2.05) is 42.5 Å². The molecule has 156 valence electrons. The Hall–Kier alpha value is -1.93. The monoisotopic (exact) mass is 412 g/mol. The van der Waals surface area contributed by atoms with Crippen LogP contribution in [0.5, 0.6) is 0 Å². The van der Waals surface area contributed by atoms with Gasteiger partial charge in [-0.2, -0.15) is 0 Å². The van der Waals surface area contributed by atoms with Gasteiger partial charge in [0.25, 0.3) is 0 Å². The predicted molar refractivity (Wildman–Crippen MR) is 122 cm³/mol. The second kappa shape index (κ2) is 13.3. The van der Waals surface area contributed by atoms with Gasteiger partial charge in [0.15, 0.2) is 5.78 Å². The lowest BCUT2D eigenvalue weighted by Crippen LogP contribution is -2.17. The Morgan fingerprint density at radius 2 is 1.38 bits per heavy atom. The van der Waals surface area contributed by atoms with Gasteiger partial charge >= 0.3 is 0 Å². The molecule has 0 fully saturated rings. The highest BCUT2D eigenvalue weighted by Gasteiger charge is 2.24. The molecular formula is C26H33ClO2. The zero-order valence-corrected chi connectivity index (χ0v) is 18.3. The smallest absolute Gasteiger partial charge is 0.163 e. The van der Waals surface area contributed by atoms with Crippen LogP contribution in [0.2, 0.25) is 5.02 Å². The topological polar surface area (TPSA) is 34.1 Å². The fourth-order valence-corrected chi connectivity index (χ4v) is 3.77. The van der Waals surface area contributed by atoms with Gasteiger partial charge in [-0.1, -0.05) is 106 Å². The van der Waals surface area contributed by atoms with E-state index < -0.39 is 5.92 Å². The van der Waals surface area contributed by atoms with Gasteiger partial charge in [-0.25, -0.2) is 0 Å². The molecule has 0 aliphatic heterocycles. The third kappa shape index (κ3) is 8.53. The molecule has 0 amide bonds. The number of ketones is 2. The fourth-order valence-electron chi connectivity index (χ4n) is 3.65. The molecule has 2 nitrogen and oxygen atoms in total. The standard InChI is InChI=1S/C26H33ClO2/c1-2-3-4-5-6-7-8-12-15-25(28)24(21-16-18-23(27)19-17-21)20-26(29)22-13-10-9-11-14-22/h9-11,13-14,16-19,24H,2-8,12,15,20H2,1H3. The first-order valence-electron chi connectivity index (χ1n) is 11.0. The maximum Gasteiger partial charge on any atom is 0.163 e. The minimum absolute atomic E-state index is 0.00910. The second-order valence-corrected chi connectivity index (χ2v) is 8.23. The summed E-state index contributed by atoms with van der Waals surface area (Å²) in [5, 5.41) is 0.636. The minimum atomic E-state index is -0.399. The summed E-state index contributed by atoms with van der Waals surface area (Å²) < 4.78 is 0. The van der Waals surface area contributed by atoms with Crippen LogP contribution in [0, 0.1) is 0 Å². The van der Waals surface area contributed by atoms with Gasteiger partial charge in [-0.3, -0.25) is 9.59 Å². The molecule has 2 aromatic rings.